The number of amides is 1. The Morgan fingerprint density at radius 3 is 2.54 bits per heavy atom. The summed E-state index contributed by atoms with van der Waals surface area (Å²) < 4.78 is 35.0. The van der Waals surface area contributed by atoms with Crippen molar-refractivity contribution in [3.63, 3.8) is 0 Å². The standard InChI is InChI=1S/C31H33N5O4S/c1-35(2)14-7-15-40-29-26(34-41(38,39)20-21-8-5-4-6-9-21)17-23(18-33-29)22-10-11-25-24(16-22)28-27(19-32-25)36(3)30(37)31(28)12-13-31/h4-6,8-11,16-19,34H,7,12-15,20H2,1-3H3. The maximum absolute atomic E-state index is 13.2. The molecule has 10 heteroatoms. The highest BCUT2D eigenvalue weighted by Gasteiger charge is 2.59. The normalized spacial score (nSPS) is 15.5. The van der Waals surface area contributed by atoms with Crippen molar-refractivity contribution in [2.24, 2.45) is 0 Å². The fraction of sp³-hybridized carbons (Fsp3) is 0.323. The van der Waals surface area contributed by atoms with Gasteiger partial charge in [-0.15, -0.1) is 0 Å². The van der Waals surface area contributed by atoms with E-state index < -0.39 is 15.4 Å². The first kappa shape index (κ1) is 27.2. The second-order valence-electron chi connectivity index (χ2n) is 11.1. The Morgan fingerprint density at radius 1 is 1.02 bits per heavy atom. The van der Waals surface area contributed by atoms with Crippen molar-refractivity contribution in [2.75, 3.05) is 43.9 Å². The van der Waals surface area contributed by atoms with Gasteiger partial charge in [-0.05, 0) is 62.7 Å². The maximum Gasteiger partial charge on any atom is 0.238 e. The van der Waals surface area contributed by atoms with E-state index in [1.165, 1.54) is 0 Å². The molecule has 1 N–H and O–H groups in total. The summed E-state index contributed by atoms with van der Waals surface area (Å²) in [5.74, 6) is 0.187. The predicted molar refractivity (Wildman–Crippen MR) is 161 cm³/mol. The van der Waals surface area contributed by atoms with Gasteiger partial charge in [-0.2, -0.15) is 0 Å². The number of hydrogen-bond donors (Lipinski definition) is 1. The molecule has 0 saturated heterocycles. The van der Waals surface area contributed by atoms with Gasteiger partial charge in [0.2, 0.25) is 21.8 Å². The van der Waals surface area contributed by atoms with Crippen LogP contribution in [0.15, 0.2) is 67.0 Å². The van der Waals surface area contributed by atoms with Gasteiger partial charge in [0.1, 0.15) is 5.69 Å². The third-order valence-electron chi connectivity index (χ3n) is 7.79. The predicted octanol–water partition coefficient (Wildman–Crippen LogP) is 4.58. The minimum absolute atomic E-state index is 0.125. The quantitative estimate of drug-likeness (QED) is 0.278. The van der Waals surface area contributed by atoms with Crippen LogP contribution in [-0.2, 0) is 26.0 Å². The van der Waals surface area contributed by atoms with Gasteiger partial charge in [-0.1, -0.05) is 36.4 Å². The molecular weight excluding hydrogens is 538 g/mol. The summed E-state index contributed by atoms with van der Waals surface area (Å²) in [5.41, 5.74) is 4.80. The number of likely N-dealkylation sites (N-methyl/N-ethyl adjacent to an activating group) is 1. The van der Waals surface area contributed by atoms with Gasteiger partial charge in [-0.3, -0.25) is 14.5 Å². The Labute approximate surface area is 240 Å². The van der Waals surface area contributed by atoms with Gasteiger partial charge in [0, 0.05) is 36.3 Å². The Bertz CT molecular complexity index is 1740. The number of nitrogens with zero attached hydrogens (tertiary/aromatic N) is 4. The molecule has 9 nitrogen and oxygen atoms in total. The zero-order valence-electron chi connectivity index (χ0n) is 23.4. The molecule has 3 heterocycles. The highest BCUT2D eigenvalue weighted by Crippen LogP contribution is 2.58. The summed E-state index contributed by atoms with van der Waals surface area (Å²) >= 11 is 0. The Kier molecular flexibility index (Phi) is 6.91. The van der Waals surface area contributed by atoms with Gasteiger partial charge in [0.15, 0.2) is 0 Å². The number of benzene rings is 2. The molecule has 1 amide bonds. The summed E-state index contributed by atoms with van der Waals surface area (Å²) in [6.45, 7) is 1.23. The van der Waals surface area contributed by atoms with Crippen LogP contribution < -0.4 is 14.4 Å². The van der Waals surface area contributed by atoms with Crippen LogP contribution in [0.25, 0.3) is 22.0 Å². The van der Waals surface area contributed by atoms with Crippen molar-refractivity contribution >= 4 is 38.2 Å². The first-order valence-corrected chi connectivity index (χ1v) is 15.4. The van der Waals surface area contributed by atoms with Crippen LogP contribution in [0.5, 0.6) is 5.88 Å². The lowest BCUT2D eigenvalue weighted by Crippen LogP contribution is -2.28. The number of fused-ring (bicyclic) bond motifs is 4. The third-order valence-corrected chi connectivity index (χ3v) is 9.03. The number of pyridine rings is 2. The van der Waals surface area contributed by atoms with E-state index in [2.05, 4.69) is 19.6 Å². The van der Waals surface area contributed by atoms with E-state index >= 15 is 0 Å². The van der Waals surface area contributed by atoms with Crippen molar-refractivity contribution in [3.05, 3.63) is 78.1 Å². The summed E-state index contributed by atoms with van der Waals surface area (Å²) in [6, 6.07) is 16.7. The van der Waals surface area contributed by atoms with Crippen LogP contribution in [0.4, 0.5) is 11.4 Å². The van der Waals surface area contributed by atoms with E-state index in [1.54, 1.807) is 42.5 Å². The van der Waals surface area contributed by atoms with E-state index in [9.17, 15) is 13.2 Å². The molecule has 1 saturated carbocycles. The highest BCUT2D eigenvalue weighted by atomic mass is 32.2. The molecule has 2 aromatic carbocycles. The number of rotatable bonds is 10. The Balaban J connectivity index is 1.36. The van der Waals surface area contributed by atoms with Gasteiger partial charge in [0.25, 0.3) is 0 Å². The molecule has 1 aliphatic heterocycles. The number of anilines is 2. The molecule has 4 aromatic rings. The van der Waals surface area contributed by atoms with Gasteiger partial charge >= 0.3 is 0 Å². The van der Waals surface area contributed by atoms with Crippen molar-refractivity contribution in [1.29, 1.82) is 0 Å². The van der Waals surface area contributed by atoms with Gasteiger partial charge < -0.3 is 14.5 Å². The molecule has 212 valence electrons. The number of nitrogens with one attached hydrogen (secondary N) is 1. The van der Waals surface area contributed by atoms with E-state index in [4.69, 9.17) is 4.74 Å². The van der Waals surface area contributed by atoms with Crippen LogP contribution in [0.2, 0.25) is 0 Å². The maximum atomic E-state index is 13.2. The van der Waals surface area contributed by atoms with E-state index in [-0.39, 0.29) is 23.2 Å². The molecule has 1 aliphatic carbocycles. The summed E-state index contributed by atoms with van der Waals surface area (Å²) in [7, 11) is 2.04. The Morgan fingerprint density at radius 2 is 1.80 bits per heavy atom. The lowest BCUT2D eigenvalue weighted by molar-refractivity contribution is -0.119. The molecule has 6 rings (SSSR count). The number of carbonyl (C=O) groups excluding carboxylic acids is 1. The minimum atomic E-state index is -3.75. The molecular formula is C31H33N5O4S. The van der Waals surface area contributed by atoms with Crippen LogP contribution in [0.1, 0.15) is 30.4 Å². The molecule has 2 aromatic heterocycles. The lowest BCUT2D eigenvalue weighted by atomic mass is 9.92. The fourth-order valence-electron chi connectivity index (χ4n) is 5.59. The zero-order chi connectivity index (χ0) is 28.8. The molecule has 1 spiro atoms. The smallest absolute Gasteiger partial charge is 0.238 e. The average Bonchev–Trinajstić information content (AvgIpc) is 3.72. The summed E-state index contributed by atoms with van der Waals surface area (Å²) in [5, 5.41) is 0.936. The third kappa shape index (κ3) is 5.25. The molecule has 41 heavy (non-hydrogen) atoms. The highest BCUT2D eigenvalue weighted by molar-refractivity contribution is 7.91. The molecule has 0 radical (unpaired) electrons. The molecule has 2 aliphatic rings. The van der Waals surface area contributed by atoms with Gasteiger partial charge in [0.05, 0.1) is 35.2 Å². The second-order valence-corrected chi connectivity index (χ2v) is 12.8. The van der Waals surface area contributed by atoms with E-state index in [1.807, 2.05) is 50.5 Å². The van der Waals surface area contributed by atoms with Crippen molar-refractivity contribution in [2.45, 2.75) is 30.4 Å². The van der Waals surface area contributed by atoms with Crippen molar-refractivity contribution < 1.29 is 17.9 Å². The monoisotopic (exact) mass is 571 g/mol. The molecule has 0 bridgehead atoms. The fourth-order valence-corrected chi connectivity index (χ4v) is 6.77. The second kappa shape index (κ2) is 10.4. The number of hydrogen-bond acceptors (Lipinski definition) is 7. The minimum Gasteiger partial charge on any atom is -0.476 e. The SMILES string of the molecule is CN(C)CCCOc1ncc(-c2ccc3ncc4c(c3c2)C2(CC2)C(=O)N4C)cc1NS(=O)(=O)Cc1ccccc1. The molecule has 0 unspecified atom stereocenters. The topological polar surface area (TPSA) is 105 Å². The van der Waals surface area contributed by atoms with Gasteiger partial charge in [-0.25, -0.2) is 13.4 Å². The number of carbonyl (C=O) groups is 1. The van der Waals surface area contributed by atoms with Crippen molar-refractivity contribution in [1.82, 2.24) is 14.9 Å². The summed E-state index contributed by atoms with van der Waals surface area (Å²) in [4.78, 5) is 26.0. The average molecular weight is 572 g/mol. The van der Waals surface area contributed by atoms with Crippen LogP contribution >= 0.6 is 0 Å². The summed E-state index contributed by atoms with van der Waals surface area (Å²) in [6.07, 6.45) is 5.91. The number of sulfonamides is 1. The largest absolute Gasteiger partial charge is 0.476 e. The Hall–Kier alpha value is -4.02. The van der Waals surface area contributed by atoms with Crippen LogP contribution in [0, 0.1) is 0 Å². The molecule has 0 atom stereocenters. The van der Waals surface area contributed by atoms with Crippen LogP contribution in [0.3, 0.4) is 0 Å². The first-order valence-electron chi connectivity index (χ1n) is 13.7. The van der Waals surface area contributed by atoms with E-state index in [0.717, 1.165) is 59.1 Å². The zero-order valence-corrected chi connectivity index (χ0v) is 24.2. The first-order chi connectivity index (χ1) is 19.7. The lowest BCUT2D eigenvalue weighted by Gasteiger charge is -2.16. The van der Waals surface area contributed by atoms with E-state index in [0.29, 0.717) is 12.2 Å². The number of aromatic nitrogens is 2. The number of ether oxygens (including phenoxy) is 1. The van der Waals surface area contributed by atoms with Crippen molar-refractivity contribution in [3.8, 4) is 17.0 Å². The van der Waals surface area contributed by atoms with Crippen LogP contribution in [-0.4, -0.2) is 63.5 Å². The molecule has 1 fully saturated rings.